The number of piperazine rings is 1. The second kappa shape index (κ2) is 5.58. The van der Waals surface area contributed by atoms with E-state index in [0.29, 0.717) is 6.61 Å². The molecule has 20 heavy (non-hydrogen) atoms. The largest absolute Gasteiger partial charge is 0.488 e. The summed E-state index contributed by atoms with van der Waals surface area (Å²) in [6.07, 6.45) is 1.95. The Balaban J connectivity index is 1.79. The SMILES string of the molecule is CN1CCN(C(=O)C2=Cc3cc(Br)ccc3OC2)CC1. The van der Waals surface area contributed by atoms with Gasteiger partial charge in [0.05, 0.1) is 5.57 Å². The van der Waals surface area contributed by atoms with Crippen molar-refractivity contribution in [3.05, 3.63) is 33.8 Å². The maximum atomic E-state index is 12.5. The van der Waals surface area contributed by atoms with E-state index >= 15 is 0 Å². The second-order valence-electron chi connectivity index (χ2n) is 5.24. The lowest BCUT2D eigenvalue weighted by atomic mass is 10.1. The van der Waals surface area contributed by atoms with Gasteiger partial charge in [-0.3, -0.25) is 4.79 Å². The lowest BCUT2D eigenvalue weighted by molar-refractivity contribution is -0.128. The minimum Gasteiger partial charge on any atom is -0.488 e. The van der Waals surface area contributed by atoms with Gasteiger partial charge in [0.25, 0.3) is 5.91 Å². The van der Waals surface area contributed by atoms with Crippen LogP contribution in [0, 0.1) is 0 Å². The molecule has 0 saturated carbocycles. The zero-order valence-corrected chi connectivity index (χ0v) is 13.0. The van der Waals surface area contributed by atoms with Crippen LogP contribution >= 0.6 is 15.9 Å². The summed E-state index contributed by atoms with van der Waals surface area (Å²) in [4.78, 5) is 16.7. The molecule has 1 saturated heterocycles. The quantitative estimate of drug-likeness (QED) is 0.786. The van der Waals surface area contributed by atoms with Crippen molar-refractivity contribution in [3.8, 4) is 5.75 Å². The van der Waals surface area contributed by atoms with Crippen molar-refractivity contribution in [3.63, 3.8) is 0 Å². The molecule has 2 aliphatic rings. The summed E-state index contributed by atoms with van der Waals surface area (Å²) in [6.45, 7) is 3.81. The number of halogens is 1. The number of rotatable bonds is 1. The Labute approximate surface area is 127 Å². The molecule has 0 N–H and O–H groups in total. The maximum Gasteiger partial charge on any atom is 0.253 e. The van der Waals surface area contributed by atoms with Crippen LogP contribution in [0.25, 0.3) is 6.08 Å². The first kappa shape index (κ1) is 13.6. The molecule has 1 aromatic carbocycles. The zero-order chi connectivity index (χ0) is 14.1. The van der Waals surface area contributed by atoms with Gasteiger partial charge in [0.1, 0.15) is 12.4 Å². The number of ether oxygens (including phenoxy) is 1. The summed E-state index contributed by atoms with van der Waals surface area (Å²) in [5.74, 6) is 0.937. The highest BCUT2D eigenvalue weighted by atomic mass is 79.9. The van der Waals surface area contributed by atoms with Gasteiger partial charge in [0, 0.05) is 36.2 Å². The predicted molar refractivity (Wildman–Crippen MR) is 81.7 cm³/mol. The average Bonchev–Trinajstić information content (AvgIpc) is 2.46. The molecule has 1 amide bonds. The number of carbonyl (C=O) groups excluding carboxylic acids is 1. The molecule has 2 heterocycles. The van der Waals surface area contributed by atoms with Gasteiger partial charge in [0.15, 0.2) is 0 Å². The fraction of sp³-hybridized carbons (Fsp3) is 0.400. The lowest BCUT2D eigenvalue weighted by Crippen LogP contribution is -2.48. The van der Waals surface area contributed by atoms with Crippen LogP contribution in [0.4, 0.5) is 0 Å². The average molecular weight is 337 g/mol. The molecule has 0 spiro atoms. The second-order valence-corrected chi connectivity index (χ2v) is 6.15. The molecule has 3 rings (SSSR count). The highest BCUT2D eigenvalue weighted by Crippen LogP contribution is 2.29. The van der Waals surface area contributed by atoms with Gasteiger partial charge in [-0.2, -0.15) is 0 Å². The normalized spacial score (nSPS) is 19.1. The van der Waals surface area contributed by atoms with E-state index in [1.54, 1.807) is 0 Å². The van der Waals surface area contributed by atoms with E-state index in [0.717, 1.165) is 47.5 Å². The molecule has 1 fully saturated rings. The highest BCUT2D eigenvalue weighted by Gasteiger charge is 2.24. The molecule has 2 aliphatic heterocycles. The molecule has 1 aromatic rings. The molecular formula is C15H17BrN2O2. The Morgan fingerprint density at radius 2 is 2.00 bits per heavy atom. The minimum absolute atomic E-state index is 0.101. The molecule has 106 valence electrons. The third kappa shape index (κ3) is 2.74. The van der Waals surface area contributed by atoms with E-state index in [-0.39, 0.29) is 5.91 Å². The number of likely N-dealkylation sites (N-methyl/N-ethyl adjacent to an activating group) is 1. The Hall–Kier alpha value is -1.33. The fourth-order valence-electron chi connectivity index (χ4n) is 2.48. The van der Waals surface area contributed by atoms with Crippen LogP contribution in [0.3, 0.4) is 0 Å². The van der Waals surface area contributed by atoms with E-state index in [9.17, 15) is 4.79 Å². The number of benzene rings is 1. The van der Waals surface area contributed by atoms with E-state index in [2.05, 4.69) is 27.9 Å². The standard InChI is InChI=1S/C15H17BrN2O2/c1-17-4-6-18(7-5-17)15(19)12-8-11-9-13(16)2-3-14(11)20-10-12/h2-3,8-9H,4-7,10H2,1H3. The van der Waals surface area contributed by atoms with Crippen LogP contribution in [-0.4, -0.2) is 55.5 Å². The van der Waals surface area contributed by atoms with Crippen molar-refractivity contribution in [2.45, 2.75) is 0 Å². The fourth-order valence-corrected chi connectivity index (χ4v) is 2.86. The summed E-state index contributed by atoms with van der Waals surface area (Å²) >= 11 is 3.44. The monoisotopic (exact) mass is 336 g/mol. The summed E-state index contributed by atoms with van der Waals surface area (Å²) in [5, 5.41) is 0. The van der Waals surface area contributed by atoms with E-state index in [4.69, 9.17) is 4.74 Å². The van der Waals surface area contributed by atoms with Crippen molar-refractivity contribution >= 4 is 27.9 Å². The van der Waals surface area contributed by atoms with E-state index in [1.165, 1.54) is 0 Å². The molecule has 0 atom stereocenters. The van der Waals surface area contributed by atoms with Gasteiger partial charge >= 0.3 is 0 Å². The van der Waals surface area contributed by atoms with Gasteiger partial charge in [-0.05, 0) is 31.3 Å². The molecule has 0 aliphatic carbocycles. The summed E-state index contributed by atoms with van der Waals surface area (Å²) in [7, 11) is 2.08. The van der Waals surface area contributed by atoms with Crippen LogP contribution < -0.4 is 4.74 Å². The number of fused-ring (bicyclic) bond motifs is 1. The van der Waals surface area contributed by atoms with Crippen molar-refractivity contribution in [2.75, 3.05) is 39.8 Å². The van der Waals surface area contributed by atoms with Crippen LogP contribution in [0.2, 0.25) is 0 Å². The number of amides is 1. The van der Waals surface area contributed by atoms with Crippen molar-refractivity contribution < 1.29 is 9.53 Å². The van der Waals surface area contributed by atoms with Crippen LogP contribution in [0.5, 0.6) is 5.75 Å². The molecule has 0 radical (unpaired) electrons. The summed E-state index contributed by atoms with van der Waals surface area (Å²) < 4.78 is 6.67. The number of hydrogen-bond donors (Lipinski definition) is 0. The van der Waals surface area contributed by atoms with Crippen LogP contribution in [0.1, 0.15) is 5.56 Å². The van der Waals surface area contributed by atoms with Gasteiger partial charge in [-0.1, -0.05) is 15.9 Å². The first-order valence-electron chi connectivity index (χ1n) is 6.74. The first-order chi connectivity index (χ1) is 9.63. The van der Waals surface area contributed by atoms with Gasteiger partial charge in [-0.15, -0.1) is 0 Å². The Morgan fingerprint density at radius 1 is 1.25 bits per heavy atom. The Kier molecular flexibility index (Phi) is 3.81. The first-order valence-corrected chi connectivity index (χ1v) is 7.53. The van der Waals surface area contributed by atoms with Crippen molar-refractivity contribution in [1.82, 2.24) is 9.80 Å². The molecular weight excluding hydrogens is 320 g/mol. The van der Waals surface area contributed by atoms with Crippen molar-refractivity contribution in [2.24, 2.45) is 0 Å². The van der Waals surface area contributed by atoms with Crippen molar-refractivity contribution in [1.29, 1.82) is 0 Å². The van der Waals surface area contributed by atoms with Crippen LogP contribution in [0.15, 0.2) is 28.2 Å². The van der Waals surface area contributed by atoms with E-state index in [1.807, 2.05) is 29.2 Å². The van der Waals surface area contributed by atoms with Crippen LogP contribution in [-0.2, 0) is 4.79 Å². The number of nitrogens with zero attached hydrogens (tertiary/aromatic N) is 2. The molecule has 0 aromatic heterocycles. The smallest absolute Gasteiger partial charge is 0.253 e. The number of carbonyl (C=O) groups is 1. The highest BCUT2D eigenvalue weighted by molar-refractivity contribution is 9.10. The molecule has 0 unspecified atom stereocenters. The lowest BCUT2D eigenvalue weighted by Gasteiger charge is -2.33. The topological polar surface area (TPSA) is 32.8 Å². The summed E-state index contributed by atoms with van der Waals surface area (Å²) in [5.41, 5.74) is 1.70. The third-order valence-electron chi connectivity index (χ3n) is 3.75. The Bertz CT molecular complexity index is 563. The predicted octanol–water partition coefficient (Wildman–Crippen LogP) is 2.00. The summed E-state index contributed by atoms with van der Waals surface area (Å²) in [6, 6.07) is 5.85. The molecule has 5 heteroatoms. The minimum atomic E-state index is 0.101. The number of hydrogen-bond acceptors (Lipinski definition) is 3. The Morgan fingerprint density at radius 3 is 2.75 bits per heavy atom. The molecule has 4 nitrogen and oxygen atoms in total. The maximum absolute atomic E-state index is 12.5. The van der Waals surface area contributed by atoms with Gasteiger partial charge < -0.3 is 14.5 Å². The van der Waals surface area contributed by atoms with Gasteiger partial charge in [-0.25, -0.2) is 0 Å². The molecule has 0 bridgehead atoms. The van der Waals surface area contributed by atoms with Gasteiger partial charge in [0.2, 0.25) is 0 Å². The third-order valence-corrected chi connectivity index (χ3v) is 4.24. The van der Waals surface area contributed by atoms with E-state index < -0.39 is 0 Å². The zero-order valence-electron chi connectivity index (χ0n) is 11.4.